The van der Waals surface area contributed by atoms with Gasteiger partial charge in [0.15, 0.2) is 0 Å². The summed E-state index contributed by atoms with van der Waals surface area (Å²) in [4.78, 5) is 0. The van der Waals surface area contributed by atoms with Gasteiger partial charge in [-0.05, 0) is 18.8 Å². The van der Waals surface area contributed by atoms with E-state index in [0.29, 0.717) is 0 Å². The predicted octanol–water partition coefficient (Wildman–Crippen LogP) is 1.94. The molecule has 0 bridgehead atoms. The molecule has 2 heterocycles. The van der Waals surface area contributed by atoms with Crippen LogP contribution in [0.1, 0.15) is 19.3 Å². The average Bonchev–Trinajstić information content (AvgIpc) is 2.58. The molecule has 2 aromatic rings. The highest BCUT2D eigenvalue weighted by Crippen LogP contribution is 2.28. The molecule has 0 N–H and O–H groups in total. The first kappa shape index (κ1) is 7.18. The first-order valence-corrected chi connectivity index (χ1v) is 4.92. The number of aromatic nitrogens is 3. The molecule has 0 unspecified atom stereocenters. The fourth-order valence-corrected chi connectivity index (χ4v) is 1.98. The molecule has 0 radical (unpaired) electrons. The molecule has 1 aliphatic rings. The number of fused-ring (bicyclic) bond motifs is 1. The van der Waals surface area contributed by atoms with E-state index in [9.17, 15) is 0 Å². The summed E-state index contributed by atoms with van der Waals surface area (Å²) in [5, 5.41) is 4.19. The van der Waals surface area contributed by atoms with Crippen LogP contribution in [0.4, 0.5) is 0 Å². The highest BCUT2D eigenvalue weighted by Gasteiger charge is 2.18. The van der Waals surface area contributed by atoms with Crippen LogP contribution in [0.25, 0.3) is 5.65 Å². The monoisotopic (exact) mass is 175 g/mol. The lowest BCUT2D eigenvalue weighted by Gasteiger charge is -2.25. The summed E-state index contributed by atoms with van der Waals surface area (Å²) >= 11 is 0. The van der Waals surface area contributed by atoms with Gasteiger partial charge < -0.3 is 4.57 Å². The molecule has 0 aliphatic heterocycles. The molecule has 3 nitrogen and oxygen atoms in total. The quantitative estimate of drug-likeness (QED) is 0.683. The van der Waals surface area contributed by atoms with Crippen molar-refractivity contribution in [1.29, 1.82) is 0 Å². The van der Waals surface area contributed by atoms with E-state index in [1.54, 1.807) is 0 Å². The molecule has 0 amide bonds. The van der Waals surface area contributed by atoms with Gasteiger partial charge in [0.2, 0.25) is 0 Å². The van der Waals surface area contributed by atoms with Crippen LogP contribution < -0.4 is 0 Å². The van der Waals surface area contributed by atoms with E-state index in [1.165, 1.54) is 31.5 Å². The van der Waals surface area contributed by atoms with Crippen molar-refractivity contribution in [2.24, 2.45) is 5.92 Å². The lowest BCUT2D eigenvalue weighted by Crippen LogP contribution is -2.17. The number of hydrogen-bond acceptors (Lipinski definition) is 1. The molecule has 2 aromatic heterocycles. The van der Waals surface area contributed by atoms with Crippen LogP contribution in [-0.4, -0.2) is 14.2 Å². The first-order chi connectivity index (χ1) is 6.43. The van der Waals surface area contributed by atoms with Gasteiger partial charge in [-0.3, -0.25) is 0 Å². The molecule has 0 spiro atoms. The minimum absolute atomic E-state index is 0.908. The Hall–Kier alpha value is -1.25. The molecular weight excluding hydrogens is 162 g/mol. The zero-order valence-corrected chi connectivity index (χ0v) is 7.56. The Morgan fingerprint density at radius 2 is 2.31 bits per heavy atom. The number of imidazole rings is 1. The van der Waals surface area contributed by atoms with Gasteiger partial charge in [-0.1, -0.05) is 6.42 Å². The van der Waals surface area contributed by atoms with Crippen molar-refractivity contribution in [2.75, 3.05) is 0 Å². The maximum absolute atomic E-state index is 4.19. The third kappa shape index (κ3) is 1.07. The summed E-state index contributed by atoms with van der Waals surface area (Å²) in [6.07, 6.45) is 10.2. The van der Waals surface area contributed by atoms with Gasteiger partial charge in [-0.2, -0.15) is 5.10 Å². The average molecular weight is 175 g/mol. The van der Waals surface area contributed by atoms with E-state index in [-0.39, 0.29) is 0 Å². The van der Waals surface area contributed by atoms with Gasteiger partial charge in [-0.15, -0.1) is 0 Å². The van der Waals surface area contributed by atoms with Crippen molar-refractivity contribution < 1.29 is 0 Å². The molecule has 1 aliphatic carbocycles. The molecule has 1 fully saturated rings. The Bertz CT molecular complexity index is 408. The molecule has 0 aromatic carbocycles. The molecule has 0 saturated heterocycles. The van der Waals surface area contributed by atoms with E-state index in [2.05, 4.69) is 21.9 Å². The normalized spacial score (nSPS) is 17.8. The standard InChI is InChI=1S/C10H13N3/c1-2-9(3-1)8-12-6-7-13-10(12)4-5-11-13/h4-7,9H,1-3,8H2. The predicted molar refractivity (Wildman–Crippen MR) is 50.5 cm³/mol. The lowest BCUT2D eigenvalue weighted by atomic mass is 9.85. The topological polar surface area (TPSA) is 22.2 Å². The Labute approximate surface area is 77.0 Å². The Balaban J connectivity index is 1.92. The largest absolute Gasteiger partial charge is 0.331 e. The SMILES string of the molecule is c1cc2n(CC3CCC3)ccn2n1. The maximum Gasteiger partial charge on any atom is 0.135 e. The third-order valence-corrected chi connectivity index (χ3v) is 3.01. The van der Waals surface area contributed by atoms with Crippen molar-refractivity contribution in [3.63, 3.8) is 0 Å². The fourth-order valence-electron chi connectivity index (χ4n) is 1.98. The van der Waals surface area contributed by atoms with Crippen LogP contribution in [-0.2, 0) is 6.54 Å². The van der Waals surface area contributed by atoms with Crippen molar-refractivity contribution in [3.8, 4) is 0 Å². The van der Waals surface area contributed by atoms with Crippen molar-refractivity contribution in [3.05, 3.63) is 24.7 Å². The summed E-state index contributed by atoms with van der Waals surface area (Å²) in [6, 6.07) is 2.07. The minimum atomic E-state index is 0.908. The summed E-state index contributed by atoms with van der Waals surface area (Å²) in [7, 11) is 0. The van der Waals surface area contributed by atoms with E-state index in [1.807, 2.05) is 16.9 Å². The summed E-state index contributed by atoms with van der Waals surface area (Å²) in [5.74, 6) is 0.908. The maximum atomic E-state index is 4.19. The smallest absolute Gasteiger partial charge is 0.135 e. The molecule has 0 atom stereocenters. The molecule has 68 valence electrons. The van der Waals surface area contributed by atoms with Gasteiger partial charge in [0.1, 0.15) is 5.65 Å². The van der Waals surface area contributed by atoms with Crippen LogP contribution in [0.15, 0.2) is 24.7 Å². The van der Waals surface area contributed by atoms with Crippen LogP contribution >= 0.6 is 0 Å². The molecule has 13 heavy (non-hydrogen) atoms. The zero-order valence-electron chi connectivity index (χ0n) is 7.56. The fraction of sp³-hybridized carbons (Fsp3) is 0.500. The van der Waals surface area contributed by atoms with E-state index in [0.717, 1.165) is 5.92 Å². The molecule has 1 saturated carbocycles. The second-order valence-corrected chi connectivity index (χ2v) is 3.88. The Morgan fingerprint density at radius 1 is 1.38 bits per heavy atom. The van der Waals surface area contributed by atoms with Crippen LogP contribution in [0.2, 0.25) is 0 Å². The van der Waals surface area contributed by atoms with Crippen LogP contribution in [0, 0.1) is 5.92 Å². The lowest BCUT2D eigenvalue weighted by molar-refractivity contribution is 0.279. The Morgan fingerprint density at radius 3 is 3.08 bits per heavy atom. The molecular formula is C10H13N3. The van der Waals surface area contributed by atoms with Gasteiger partial charge in [0.05, 0.1) is 6.20 Å². The second kappa shape index (κ2) is 2.62. The number of hydrogen-bond donors (Lipinski definition) is 0. The number of rotatable bonds is 2. The number of nitrogens with zero attached hydrogens (tertiary/aromatic N) is 3. The van der Waals surface area contributed by atoms with Crippen molar-refractivity contribution in [2.45, 2.75) is 25.8 Å². The van der Waals surface area contributed by atoms with E-state index in [4.69, 9.17) is 0 Å². The van der Waals surface area contributed by atoms with Gasteiger partial charge in [-0.25, -0.2) is 4.52 Å². The van der Waals surface area contributed by atoms with Crippen LogP contribution in [0.3, 0.4) is 0 Å². The van der Waals surface area contributed by atoms with Crippen molar-refractivity contribution >= 4 is 5.65 Å². The highest BCUT2D eigenvalue weighted by atomic mass is 15.3. The summed E-state index contributed by atoms with van der Waals surface area (Å²) in [5.41, 5.74) is 1.21. The molecule has 3 heteroatoms. The van der Waals surface area contributed by atoms with Gasteiger partial charge in [0, 0.05) is 25.0 Å². The highest BCUT2D eigenvalue weighted by molar-refractivity contribution is 5.37. The minimum Gasteiger partial charge on any atom is -0.331 e. The summed E-state index contributed by atoms with van der Waals surface area (Å²) < 4.78 is 4.23. The second-order valence-electron chi connectivity index (χ2n) is 3.88. The molecule has 3 rings (SSSR count). The van der Waals surface area contributed by atoms with Crippen molar-refractivity contribution in [1.82, 2.24) is 14.2 Å². The van der Waals surface area contributed by atoms with Gasteiger partial charge in [0.25, 0.3) is 0 Å². The zero-order chi connectivity index (χ0) is 8.67. The third-order valence-electron chi connectivity index (χ3n) is 3.01. The van der Waals surface area contributed by atoms with Crippen LogP contribution in [0.5, 0.6) is 0 Å². The van der Waals surface area contributed by atoms with E-state index < -0.39 is 0 Å². The Kier molecular flexibility index (Phi) is 1.45. The summed E-state index contributed by atoms with van der Waals surface area (Å²) in [6.45, 7) is 1.17. The van der Waals surface area contributed by atoms with E-state index >= 15 is 0 Å². The van der Waals surface area contributed by atoms with Gasteiger partial charge >= 0.3 is 0 Å². The first-order valence-electron chi connectivity index (χ1n) is 4.92.